The lowest BCUT2D eigenvalue weighted by molar-refractivity contribution is -0.0969. The van der Waals surface area contributed by atoms with Crippen molar-refractivity contribution in [3.05, 3.63) is 23.8 Å². The van der Waals surface area contributed by atoms with Gasteiger partial charge in [-0.2, -0.15) is 0 Å². The second-order valence-corrected chi connectivity index (χ2v) is 3.40. The minimum absolute atomic E-state index is 0.597. The molecule has 0 atom stereocenters. The molecule has 0 amide bonds. The summed E-state index contributed by atoms with van der Waals surface area (Å²) in [5.41, 5.74) is 8.20. The van der Waals surface area contributed by atoms with Crippen LogP contribution in [-0.2, 0) is 15.3 Å². The maximum absolute atomic E-state index is 5.72. The van der Waals surface area contributed by atoms with Crippen LogP contribution in [0.15, 0.2) is 23.2 Å². The average molecular weight is 190 g/mol. The maximum Gasteiger partial charge on any atom is 0.235 e. The molecule has 4 nitrogen and oxygen atoms in total. The summed E-state index contributed by atoms with van der Waals surface area (Å²) in [4.78, 5) is 4.25. The van der Waals surface area contributed by atoms with Crippen LogP contribution in [0.3, 0.4) is 0 Å². The van der Waals surface area contributed by atoms with Crippen molar-refractivity contribution in [2.75, 3.05) is 18.9 Å². The van der Waals surface area contributed by atoms with E-state index in [0.29, 0.717) is 18.9 Å². The SMILES string of the molecule is Nc1ccc2c(c1)C1(C=N2)OCCO1. The smallest absolute Gasteiger partial charge is 0.235 e. The molecule has 1 aromatic carbocycles. The van der Waals surface area contributed by atoms with Gasteiger partial charge in [0.15, 0.2) is 0 Å². The van der Waals surface area contributed by atoms with Crippen LogP contribution in [0.2, 0.25) is 0 Å². The molecule has 0 aliphatic carbocycles. The number of hydrogen-bond donors (Lipinski definition) is 1. The van der Waals surface area contributed by atoms with Gasteiger partial charge in [-0.25, -0.2) is 0 Å². The van der Waals surface area contributed by atoms with E-state index in [-0.39, 0.29) is 0 Å². The van der Waals surface area contributed by atoms with Crippen molar-refractivity contribution in [1.82, 2.24) is 0 Å². The lowest BCUT2D eigenvalue weighted by Gasteiger charge is -2.19. The summed E-state index contributed by atoms with van der Waals surface area (Å²) in [6.45, 7) is 1.19. The molecule has 2 aliphatic heterocycles. The van der Waals surface area contributed by atoms with E-state index >= 15 is 0 Å². The van der Waals surface area contributed by atoms with Gasteiger partial charge in [-0.1, -0.05) is 0 Å². The van der Waals surface area contributed by atoms with Crippen LogP contribution in [0.4, 0.5) is 11.4 Å². The molecule has 1 spiro atoms. The van der Waals surface area contributed by atoms with Crippen molar-refractivity contribution in [3.8, 4) is 0 Å². The van der Waals surface area contributed by atoms with E-state index in [1.807, 2.05) is 18.2 Å². The van der Waals surface area contributed by atoms with E-state index in [4.69, 9.17) is 15.2 Å². The minimum atomic E-state index is -0.759. The van der Waals surface area contributed by atoms with Gasteiger partial charge in [0.2, 0.25) is 5.79 Å². The van der Waals surface area contributed by atoms with Gasteiger partial charge in [0.25, 0.3) is 0 Å². The number of nitrogens with zero attached hydrogens (tertiary/aromatic N) is 1. The zero-order valence-corrected chi connectivity index (χ0v) is 7.56. The number of aliphatic imine (C=N–C) groups is 1. The number of nitrogens with two attached hydrogens (primary N) is 1. The van der Waals surface area contributed by atoms with Gasteiger partial charge >= 0.3 is 0 Å². The van der Waals surface area contributed by atoms with E-state index in [1.54, 1.807) is 6.21 Å². The molecule has 0 bridgehead atoms. The molecular formula is C10H10N2O2. The van der Waals surface area contributed by atoms with Gasteiger partial charge in [0, 0.05) is 11.3 Å². The molecule has 2 heterocycles. The van der Waals surface area contributed by atoms with Crippen molar-refractivity contribution in [2.24, 2.45) is 4.99 Å². The van der Waals surface area contributed by atoms with Crippen LogP contribution in [0.5, 0.6) is 0 Å². The lowest BCUT2D eigenvalue weighted by Crippen LogP contribution is -2.26. The molecule has 2 aliphatic rings. The Morgan fingerprint density at radius 3 is 2.86 bits per heavy atom. The van der Waals surface area contributed by atoms with Crippen LogP contribution in [0.1, 0.15) is 5.56 Å². The molecule has 14 heavy (non-hydrogen) atoms. The van der Waals surface area contributed by atoms with E-state index in [0.717, 1.165) is 11.3 Å². The summed E-state index contributed by atoms with van der Waals surface area (Å²) in [6.07, 6.45) is 1.70. The number of fused-ring (bicyclic) bond motifs is 2. The fourth-order valence-electron chi connectivity index (χ4n) is 1.83. The first-order chi connectivity index (χ1) is 6.80. The molecule has 3 rings (SSSR count). The number of hydrogen-bond acceptors (Lipinski definition) is 4. The highest BCUT2D eigenvalue weighted by Gasteiger charge is 2.42. The molecule has 1 aromatic rings. The standard InChI is InChI=1S/C10H10N2O2/c11-7-1-2-9-8(5-7)10(6-12-9)13-3-4-14-10/h1-2,5-6H,3-4,11H2. The Morgan fingerprint density at radius 2 is 2.07 bits per heavy atom. The molecule has 1 saturated heterocycles. The van der Waals surface area contributed by atoms with Crippen LogP contribution >= 0.6 is 0 Å². The number of nitrogen functional groups attached to an aromatic ring is 1. The molecule has 2 N–H and O–H groups in total. The largest absolute Gasteiger partial charge is 0.399 e. The minimum Gasteiger partial charge on any atom is -0.399 e. The molecule has 72 valence electrons. The molecular weight excluding hydrogens is 180 g/mol. The Kier molecular flexibility index (Phi) is 1.45. The molecule has 0 unspecified atom stereocenters. The number of rotatable bonds is 0. The Hall–Kier alpha value is -1.39. The van der Waals surface area contributed by atoms with Gasteiger partial charge in [0.05, 0.1) is 25.1 Å². The topological polar surface area (TPSA) is 56.8 Å². The van der Waals surface area contributed by atoms with Crippen molar-refractivity contribution >= 4 is 17.6 Å². The van der Waals surface area contributed by atoms with Crippen molar-refractivity contribution in [1.29, 1.82) is 0 Å². The van der Waals surface area contributed by atoms with Gasteiger partial charge in [-0.3, -0.25) is 4.99 Å². The monoisotopic (exact) mass is 190 g/mol. The summed E-state index contributed by atoms with van der Waals surface area (Å²) < 4.78 is 11.1. The highest BCUT2D eigenvalue weighted by Crippen LogP contribution is 2.41. The zero-order chi connectivity index (χ0) is 9.60. The Morgan fingerprint density at radius 1 is 1.29 bits per heavy atom. The van der Waals surface area contributed by atoms with E-state index < -0.39 is 5.79 Å². The van der Waals surface area contributed by atoms with Crippen molar-refractivity contribution in [2.45, 2.75) is 5.79 Å². The number of anilines is 1. The molecule has 0 saturated carbocycles. The third-order valence-electron chi connectivity index (χ3n) is 2.49. The van der Waals surface area contributed by atoms with E-state index in [2.05, 4.69) is 4.99 Å². The molecule has 0 aromatic heterocycles. The predicted octanol–water partition coefficient (Wildman–Crippen LogP) is 1.18. The summed E-state index contributed by atoms with van der Waals surface area (Å²) in [6, 6.07) is 5.55. The van der Waals surface area contributed by atoms with Gasteiger partial charge in [0.1, 0.15) is 0 Å². The maximum atomic E-state index is 5.72. The fourth-order valence-corrected chi connectivity index (χ4v) is 1.83. The molecule has 0 radical (unpaired) electrons. The first kappa shape index (κ1) is 7.96. The summed E-state index contributed by atoms with van der Waals surface area (Å²) in [5, 5.41) is 0. The summed E-state index contributed by atoms with van der Waals surface area (Å²) in [5.74, 6) is -0.759. The fraction of sp³-hybridized carbons (Fsp3) is 0.300. The Balaban J connectivity index is 2.16. The van der Waals surface area contributed by atoms with E-state index in [1.165, 1.54) is 0 Å². The van der Waals surface area contributed by atoms with Crippen LogP contribution < -0.4 is 5.73 Å². The highest BCUT2D eigenvalue weighted by molar-refractivity contribution is 5.83. The molecule has 1 fully saturated rings. The zero-order valence-electron chi connectivity index (χ0n) is 7.56. The van der Waals surface area contributed by atoms with Gasteiger partial charge < -0.3 is 15.2 Å². The summed E-state index contributed by atoms with van der Waals surface area (Å²) >= 11 is 0. The Labute approximate surface area is 81.3 Å². The highest BCUT2D eigenvalue weighted by atomic mass is 16.7. The number of ether oxygens (including phenoxy) is 2. The second-order valence-electron chi connectivity index (χ2n) is 3.40. The third-order valence-corrected chi connectivity index (χ3v) is 2.49. The first-order valence-electron chi connectivity index (χ1n) is 4.53. The normalized spacial score (nSPS) is 21.7. The Bertz CT molecular complexity index is 409. The predicted molar refractivity (Wildman–Crippen MR) is 52.6 cm³/mol. The first-order valence-corrected chi connectivity index (χ1v) is 4.53. The number of benzene rings is 1. The third kappa shape index (κ3) is 0.921. The van der Waals surface area contributed by atoms with Crippen LogP contribution in [-0.4, -0.2) is 19.4 Å². The summed E-state index contributed by atoms with van der Waals surface area (Å²) in [7, 11) is 0. The lowest BCUT2D eigenvalue weighted by atomic mass is 10.1. The van der Waals surface area contributed by atoms with Gasteiger partial charge in [-0.15, -0.1) is 0 Å². The quantitative estimate of drug-likeness (QED) is 0.625. The van der Waals surface area contributed by atoms with Gasteiger partial charge in [-0.05, 0) is 18.2 Å². The van der Waals surface area contributed by atoms with Crippen molar-refractivity contribution < 1.29 is 9.47 Å². The average Bonchev–Trinajstić information content (AvgIpc) is 2.77. The van der Waals surface area contributed by atoms with Crippen molar-refractivity contribution in [3.63, 3.8) is 0 Å². The van der Waals surface area contributed by atoms with Crippen LogP contribution in [0, 0.1) is 0 Å². The molecule has 4 heteroatoms. The van der Waals surface area contributed by atoms with E-state index in [9.17, 15) is 0 Å². The second kappa shape index (κ2) is 2.56. The van der Waals surface area contributed by atoms with Crippen LogP contribution in [0.25, 0.3) is 0 Å².